The molecule has 8 nitrogen and oxygen atoms in total. The maximum atomic E-state index is 13.1. The number of hydrogen-bond acceptors (Lipinski definition) is 5. The van der Waals surface area contributed by atoms with Crippen molar-refractivity contribution >= 4 is 17.4 Å². The van der Waals surface area contributed by atoms with Gasteiger partial charge in [-0.3, -0.25) is 9.48 Å². The van der Waals surface area contributed by atoms with Crippen LogP contribution in [0.25, 0.3) is 5.65 Å². The summed E-state index contributed by atoms with van der Waals surface area (Å²) in [6, 6.07) is 3.35. The van der Waals surface area contributed by atoms with Gasteiger partial charge in [0, 0.05) is 13.1 Å². The zero-order chi connectivity index (χ0) is 19.0. The Bertz CT molecular complexity index is 1030. The fourth-order valence-corrected chi connectivity index (χ4v) is 2.24. The molecule has 0 spiro atoms. The number of alkyl halides is 4. The van der Waals surface area contributed by atoms with Crippen molar-refractivity contribution in [3.8, 4) is 6.07 Å². The highest BCUT2D eigenvalue weighted by atomic mass is 19.3. The summed E-state index contributed by atoms with van der Waals surface area (Å²) in [7, 11) is 1.48. The van der Waals surface area contributed by atoms with Gasteiger partial charge in [0.25, 0.3) is 18.8 Å². The number of rotatable bonds is 4. The zero-order valence-electron chi connectivity index (χ0n) is 13.0. The van der Waals surface area contributed by atoms with E-state index in [2.05, 4.69) is 20.5 Å². The number of carbonyl (C=O) groups is 1. The van der Waals surface area contributed by atoms with Gasteiger partial charge < -0.3 is 5.32 Å². The van der Waals surface area contributed by atoms with Gasteiger partial charge in [-0.15, -0.1) is 0 Å². The Kier molecular flexibility index (Phi) is 4.29. The Morgan fingerprint density at radius 2 is 2.00 bits per heavy atom. The number of nitrogens with one attached hydrogen (secondary N) is 1. The Morgan fingerprint density at radius 3 is 2.62 bits per heavy atom. The first-order valence-corrected chi connectivity index (χ1v) is 7.02. The maximum absolute atomic E-state index is 13.1. The van der Waals surface area contributed by atoms with Gasteiger partial charge in [0.1, 0.15) is 28.8 Å². The van der Waals surface area contributed by atoms with Crippen molar-refractivity contribution in [2.45, 2.75) is 12.9 Å². The predicted octanol–water partition coefficient (Wildman–Crippen LogP) is 2.46. The summed E-state index contributed by atoms with van der Waals surface area (Å²) in [5.41, 5.74) is -2.25. The molecule has 3 rings (SSSR count). The lowest BCUT2D eigenvalue weighted by Gasteiger charge is -2.06. The monoisotopic (exact) mass is 367 g/mol. The SMILES string of the molecule is Cn1ncc(C#N)c1NC(=O)c1cc2nc(C(F)F)cc(C(F)F)n2n1. The molecule has 3 aromatic rings. The molecule has 0 saturated heterocycles. The standard InChI is InChI=1S/C14H9F4N7O/c1-24-13(6(4-19)5-20-24)22-14(26)8-3-10-21-7(11(15)16)2-9(12(17)18)25(10)23-8/h2-3,5,11-12H,1H3,(H,22,26). The lowest BCUT2D eigenvalue weighted by molar-refractivity contribution is 0.101. The summed E-state index contributed by atoms with van der Waals surface area (Å²) in [5, 5.41) is 18.9. The second-order valence-electron chi connectivity index (χ2n) is 5.10. The van der Waals surface area contributed by atoms with Crippen LogP contribution < -0.4 is 5.32 Å². The minimum Gasteiger partial charge on any atom is -0.304 e. The van der Waals surface area contributed by atoms with Crippen LogP contribution >= 0.6 is 0 Å². The molecular formula is C14H9F4N7O. The van der Waals surface area contributed by atoms with Crippen LogP contribution in [0.5, 0.6) is 0 Å². The topological polar surface area (TPSA) is 101 Å². The van der Waals surface area contributed by atoms with Crippen LogP contribution in [-0.4, -0.2) is 30.3 Å². The molecule has 134 valence electrons. The number of nitrogens with zero attached hydrogens (tertiary/aromatic N) is 6. The van der Waals surface area contributed by atoms with E-state index in [9.17, 15) is 22.4 Å². The van der Waals surface area contributed by atoms with Crippen molar-refractivity contribution < 1.29 is 22.4 Å². The van der Waals surface area contributed by atoms with Crippen molar-refractivity contribution in [3.63, 3.8) is 0 Å². The summed E-state index contributed by atoms with van der Waals surface area (Å²) in [6.07, 6.45) is -4.93. The average molecular weight is 367 g/mol. The van der Waals surface area contributed by atoms with Crippen LogP contribution in [0.2, 0.25) is 0 Å². The highest BCUT2D eigenvalue weighted by molar-refractivity contribution is 6.03. The molecule has 0 aromatic carbocycles. The first kappa shape index (κ1) is 17.3. The van der Waals surface area contributed by atoms with Crippen LogP contribution in [-0.2, 0) is 7.05 Å². The quantitative estimate of drug-likeness (QED) is 0.714. The molecule has 3 aromatic heterocycles. The van der Waals surface area contributed by atoms with Gasteiger partial charge in [-0.25, -0.2) is 27.1 Å². The van der Waals surface area contributed by atoms with Gasteiger partial charge >= 0.3 is 0 Å². The lowest BCUT2D eigenvalue weighted by Crippen LogP contribution is -2.16. The second-order valence-corrected chi connectivity index (χ2v) is 5.10. The van der Waals surface area contributed by atoms with E-state index in [0.717, 1.165) is 6.07 Å². The van der Waals surface area contributed by atoms with Crippen LogP contribution in [0.15, 0.2) is 18.3 Å². The molecule has 0 atom stereocenters. The third kappa shape index (κ3) is 2.94. The Labute approximate surface area is 142 Å². The Hall–Kier alpha value is -3.49. The lowest BCUT2D eigenvalue weighted by atomic mass is 10.3. The van der Waals surface area contributed by atoms with Crippen molar-refractivity contribution in [3.05, 3.63) is 41.0 Å². The third-order valence-electron chi connectivity index (χ3n) is 3.45. The smallest absolute Gasteiger partial charge is 0.280 e. The fourth-order valence-electron chi connectivity index (χ4n) is 2.24. The molecule has 1 N–H and O–H groups in total. The normalized spacial score (nSPS) is 11.3. The summed E-state index contributed by atoms with van der Waals surface area (Å²) in [4.78, 5) is 15.8. The minimum absolute atomic E-state index is 0.0740. The highest BCUT2D eigenvalue weighted by Crippen LogP contribution is 2.25. The maximum Gasteiger partial charge on any atom is 0.280 e. The molecule has 0 aliphatic rings. The molecule has 0 aliphatic heterocycles. The molecule has 0 unspecified atom stereocenters. The van der Waals surface area contributed by atoms with Crippen LogP contribution in [0.3, 0.4) is 0 Å². The molecule has 0 radical (unpaired) electrons. The number of anilines is 1. The van der Waals surface area contributed by atoms with Gasteiger partial charge in [0.05, 0.1) is 6.20 Å². The number of aryl methyl sites for hydroxylation is 1. The van der Waals surface area contributed by atoms with E-state index in [1.165, 1.54) is 17.9 Å². The van der Waals surface area contributed by atoms with Gasteiger partial charge in [-0.1, -0.05) is 0 Å². The number of halogens is 4. The van der Waals surface area contributed by atoms with Gasteiger partial charge in [0.15, 0.2) is 11.3 Å². The summed E-state index contributed by atoms with van der Waals surface area (Å²) >= 11 is 0. The summed E-state index contributed by atoms with van der Waals surface area (Å²) in [5.74, 6) is -0.765. The predicted molar refractivity (Wildman–Crippen MR) is 78.8 cm³/mol. The molecular weight excluding hydrogens is 358 g/mol. The number of hydrogen-bond donors (Lipinski definition) is 1. The van der Waals surface area contributed by atoms with Crippen molar-refractivity contribution in [1.29, 1.82) is 5.26 Å². The van der Waals surface area contributed by atoms with Crippen LogP contribution in [0.4, 0.5) is 23.4 Å². The number of fused-ring (bicyclic) bond motifs is 1. The van der Waals surface area contributed by atoms with E-state index in [-0.39, 0.29) is 22.7 Å². The first-order chi connectivity index (χ1) is 12.3. The molecule has 12 heteroatoms. The van der Waals surface area contributed by atoms with E-state index >= 15 is 0 Å². The van der Waals surface area contributed by atoms with E-state index in [1.54, 1.807) is 0 Å². The number of amides is 1. The molecule has 0 saturated carbocycles. The fraction of sp³-hybridized carbons (Fsp3) is 0.214. The van der Waals surface area contributed by atoms with E-state index in [4.69, 9.17) is 5.26 Å². The molecule has 0 aliphatic carbocycles. The summed E-state index contributed by atoms with van der Waals surface area (Å²) in [6.45, 7) is 0. The minimum atomic E-state index is -3.10. The Balaban J connectivity index is 2.03. The number of carbonyl (C=O) groups excluding carboxylic acids is 1. The highest BCUT2D eigenvalue weighted by Gasteiger charge is 2.23. The second kappa shape index (κ2) is 6.43. The molecule has 1 amide bonds. The third-order valence-corrected chi connectivity index (χ3v) is 3.45. The van der Waals surface area contributed by atoms with Crippen molar-refractivity contribution in [1.82, 2.24) is 24.4 Å². The van der Waals surface area contributed by atoms with Gasteiger partial charge in [-0.2, -0.15) is 15.5 Å². The van der Waals surface area contributed by atoms with E-state index < -0.39 is 30.1 Å². The van der Waals surface area contributed by atoms with Gasteiger partial charge in [0.2, 0.25) is 0 Å². The average Bonchev–Trinajstić information content (AvgIpc) is 3.17. The van der Waals surface area contributed by atoms with Crippen molar-refractivity contribution in [2.24, 2.45) is 7.05 Å². The number of nitriles is 1. The van der Waals surface area contributed by atoms with E-state index in [1.807, 2.05) is 6.07 Å². The summed E-state index contributed by atoms with van der Waals surface area (Å²) < 4.78 is 53.8. The van der Waals surface area contributed by atoms with Crippen molar-refractivity contribution in [2.75, 3.05) is 5.32 Å². The first-order valence-electron chi connectivity index (χ1n) is 7.02. The Morgan fingerprint density at radius 1 is 1.27 bits per heavy atom. The number of aromatic nitrogens is 5. The molecule has 26 heavy (non-hydrogen) atoms. The molecule has 3 heterocycles. The van der Waals surface area contributed by atoms with Gasteiger partial charge in [-0.05, 0) is 6.07 Å². The molecule has 0 fully saturated rings. The largest absolute Gasteiger partial charge is 0.304 e. The van der Waals surface area contributed by atoms with Crippen LogP contribution in [0, 0.1) is 11.3 Å². The van der Waals surface area contributed by atoms with Crippen LogP contribution in [0.1, 0.15) is 40.3 Å². The molecule has 0 bridgehead atoms. The zero-order valence-corrected chi connectivity index (χ0v) is 13.0. The van der Waals surface area contributed by atoms with E-state index in [0.29, 0.717) is 10.6 Å².